The number of halogens is 3. The van der Waals surface area contributed by atoms with E-state index in [1.807, 2.05) is 19.1 Å². The fourth-order valence-corrected chi connectivity index (χ4v) is 2.54. The topological polar surface area (TPSA) is 24.8 Å². The van der Waals surface area contributed by atoms with Gasteiger partial charge in [-0.3, -0.25) is 0 Å². The van der Waals surface area contributed by atoms with E-state index in [0.29, 0.717) is 22.7 Å². The van der Waals surface area contributed by atoms with Crippen molar-refractivity contribution in [3.63, 3.8) is 0 Å². The minimum Gasteiger partial charge on any atom is -0.497 e. The van der Waals surface area contributed by atoms with Gasteiger partial charge in [-0.1, -0.05) is 29.8 Å². The number of hydrogen-bond acceptors (Lipinski definition) is 3. The van der Waals surface area contributed by atoms with Crippen LogP contribution in [-0.4, -0.2) is 19.5 Å². The first kappa shape index (κ1) is 17.1. The van der Waals surface area contributed by atoms with Crippen LogP contribution in [0.25, 0.3) is 5.70 Å². The van der Waals surface area contributed by atoms with E-state index in [1.54, 1.807) is 43.5 Å². The minimum atomic E-state index is -4.37. The highest BCUT2D eigenvalue weighted by atomic mass is 19.4. The van der Waals surface area contributed by atoms with Gasteiger partial charge < -0.3 is 4.74 Å². The molecule has 2 aromatic carbocycles. The number of methoxy groups -OCH3 is 1. The van der Waals surface area contributed by atoms with Crippen LogP contribution in [0.5, 0.6) is 5.75 Å². The molecule has 1 aliphatic heterocycles. The molecule has 0 amide bonds. The largest absolute Gasteiger partial charge is 0.497 e. The maximum atomic E-state index is 13.2. The predicted octanol–water partition coefficient (Wildman–Crippen LogP) is 5.03. The van der Waals surface area contributed by atoms with Gasteiger partial charge in [-0.25, -0.2) is 5.01 Å². The molecule has 0 fully saturated rings. The number of alkyl halides is 3. The van der Waals surface area contributed by atoms with E-state index in [1.165, 1.54) is 11.1 Å². The highest BCUT2D eigenvalue weighted by Crippen LogP contribution is 2.36. The standard InChI is InChI=1S/C19H17F3N2O/c1-13-3-5-14(6-4-13)18-11-15(19(20,21)22)12-23-24(18)16-7-9-17(25-2)10-8-16/h3-12,15H,1-2H3. The molecule has 3 nitrogen and oxygen atoms in total. The Bertz CT molecular complexity index is 793. The minimum absolute atomic E-state index is 0.398. The molecule has 0 saturated carbocycles. The maximum absolute atomic E-state index is 13.2. The molecule has 1 unspecified atom stereocenters. The van der Waals surface area contributed by atoms with Crippen molar-refractivity contribution >= 4 is 17.6 Å². The normalized spacial score (nSPS) is 17.4. The molecular weight excluding hydrogens is 329 g/mol. The molecule has 0 N–H and O–H groups in total. The monoisotopic (exact) mass is 346 g/mol. The van der Waals surface area contributed by atoms with E-state index < -0.39 is 12.1 Å². The third-order valence-electron chi connectivity index (χ3n) is 3.95. The van der Waals surface area contributed by atoms with Crippen LogP contribution in [0.3, 0.4) is 0 Å². The van der Waals surface area contributed by atoms with Crippen LogP contribution < -0.4 is 9.75 Å². The number of nitrogens with zero attached hydrogens (tertiary/aromatic N) is 2. The SMILES string of the molecule is COc1ccc(N2N=CC(C(F)(F)F)C=C2c2ccc(C)cc2)cc1. The van der Waals surface area contributed by atoms with Crippen LogP contribution in [0.1, 0.15) is 11.1 Å². The molecule has 0 radical (unpaired) electrons. The molecule has 0 saturated heterocycles. The van der Waals surface area contributed by atoms with E-state index in [2.05, 4.69) is 5.10 Å². The van der Waals surface area contributed by atoms with Crippen molar-refractivity contribution in [1.29, 1.82) is 0 Å². The summed E-state index contributed by atoms with van der Waals surface area (Å²) in [7, 11) is 1.56. The second-order valence-corrected chi connectivity index (χ2v) is 5.76. The maximum Gasteiger partial charge on any atom is 0.400 e. The van der Waals surface area contributed by atoms with Crippen LogP contribution in [-0.2, 0) is 0 Å². The molecule has 2 aromatic rings. The Morgan fingerprint density at radius 3 is 2.20 bits per heavy atom. The van der Waals surface area contributed by atoms with Crippen LogP contribution in [0, 0.1) is 12.8 Å². The fraction of sp³-hybridized carbons (Fsp3) is 0.211. The van der Waals surface area contributed by atoms with Crippen molar-refractivity contribution in [1.82, 2.24) is 0 Å². The highest BCUT2D eigenvalue weighted by molar-refractivity contribution is 5.86. The average molecular weight is 346 g/mol. The third-order valence-corrected chi connectivity index (χ3v) is 3.95. The van der Waals surface area contributed by atoms with Crippen molar-refractivity contribution in [2.24, 2.45) is 11.0 Å². The Morgan fingerprint density at radius 2 is 1.64 bits per heavy atom. The average Bonchev–Trinajstić information content (AvgIpc) is 2.61. The summed E-state index contributed by atoms with van der Waals surface area (Å²) in [5.41, 5.74) is 2.76. The smallest absolute Gasteiger partial charge is 0.400 e. The first-order valence-electron chi connectivity index (χ1n) is 7.72. The fourth-order valence-electron chi connectivity index (χ4n) is 2.54. The summed E-state index contributed by atoms with van der Waals surface area (Å²) in [5, 5.41) is 5.57. The third kappa shape index (κ3) is 3.68. The van der Waals surface area contributed by atoms with Gasteiger partial charge in [-0.05, 0) is 42.8 Å². The van der Waals surface area contributed by atoms with E-state index in [-0.39, 0.29) is 0 Å². The van der Waals surface area contributed by atoms with Crippen LogP contribution in [0.2, 0.25) is 0 Å². The first-order chi connectivity index (χ1) is 11.9. The van der Waals surface area contributed by atoms with Gasteiger partial charge in [0.25, 0.3) is 0 Å². The summed E-state index contributed by atoms with van der Waals surface area (Å²) in [6.45, 7) is 1.93. The van der Waals surface area contributed by atoms with E-state index in [4.69, 9.17) is 4.74 Å². The zero-order chi connectivity index (χ0) is 18.0. The second-order valence-electron chi connectivity index (χ2n) is 5.76. The number of aryl methyl sites for hydroxylation is 1. The zero-order valence-corrected chi connectivity index (χ0v) is 13.8. The molecule has 0 aromatic heterocycles. The van der Waals surface area contributed by atoms with Crippen LogP contribution in [0.4, 0.5) is 18.9 Å². The van der Waals surface area contributed by atoms with E-state index in [9.17, 15) is 13.2 Å². The van der Waals surface area contributed by atoms with Gasteiger partial charge in [0, 0.05) is 6.21 Å². The Morgan fingerprint density at radius 1 is 1.00 bits per heavy atom. The van der Waals surface area contributed by atoms with Crippen molar-refractivity contribution < 1.29 is 17.9 Å². The van der Waals surface area contributed by atoms with E-state index in [0.717, 1.165) is 11.8 Å². The Kier molecular flexibility index (Phi) is 4.53. The molecule has 1 atom stereocenters. The number of ether oxygens (including phenoxy) is 1. The van der Waals surface area contributed by atoms with Crippen molar-refractivity contribution in [3.05, 3.63) is 65.7 Å². The summed E-state index contributed by atoms with van der Waals surface area (Å²) in [5.74, 6) is -1.04. The Hall–Kier alpha value is -2.76. The molecule has 0 spiro atoms. The molecule has 1 aliphatic rings. The number of anilines is 1. The summed E-state index contributed by atoms with van der Waals surface area (Å²) >= 11 is 0. The van der Waals surface area contributed by atoms with Gasteiger partial charge in [-0.2, -0.15) is 18.3 Å². The van der Waals surface area contributed by atoms with Crippen molar-refractivity contribution in [3.8, 4) is 5.75 Å². The lowest BCUT2D eigenvalue weighted by Gasteiger charge is -2.28. The summed E-state index contributed by atoms with van der Waals surface area (Å²) < 4.78 is 44.6. The number of allylic oxidation sites excluding steroid dienone is 1. The lowest BCUT2D eigenvalue weighted by Crippen LogP contribution is -2.29. The van der Waals surface area contributed by atoms with Gasteiger partial charge >= 0.3 is 6.18 Å². The number of hydrazone groups is 1. The molecule has 0 aliphatic carbocycles. The predicted molar refractivity (Wildman–Crippen MR) is 92.7 cm³/mol. The van der Waals surface area contributed by atoms with Gasteiger partial charge in [-0.15, -0.1) is 0 Å². The van der Waals surface area contributed by atoms with Gasteiger partial charge in [0.1, 0.15) is 11.7 Å². The Balaban J connectivity index is 2.03. The molecule has 1 heterocycles. The zero-order valence-electron chi connectivity index (χ0n) is 13.8. The lowest BCUT2D eigenvalue weighted by atomic mass is 10.0. The molecule has 0 bridgehead atoms. The molecule has 130 valence electrons. The summed E-state index contributed by atoms with van der Waals surface area (Å²) in [4.78, 5) is 0. The molecular formula is C19H17F3N2O. The quantitative estimate of drug-likeness (QED) is 0.779. The van der Waals surface area contributed by atoms with Crippen LogP contribution >= 0.6 is 0 Å². The van der Waals surface area contributed by atoms with Crippen molar-refractivity contribution in [2.75, 3.05) is 12.1 Å². The lowest BCUT2D eigenvalue weighted by molar-refractivity contribution is -0.142. The van der Waals surface area contributed by atoms with E-state index >= 15 is 0 Å². The highest BCUT2D eigenvalue weighted by Gasteiger charge is 2.39. The van der Waals surface area contributed by atoms with Gasteiger partial charge in [0.05, 0.1) is 18.5 Å². The second kappa shape index (κ2) is 6.63. The van der Waals surface area contributed by atoms with Gasteiger partial charge in [0.15, 0.2) is 0 Å². The molecule has 6 heteroatoms. The van der Waals surface area contributed by atoms with Crippen LogP contribution in [0.15, 0.2) is 59.7 Å². The molecule has 25 heavy (non-hydrogen) atoms. The first-order valence-corrected chi connectivity index (χ1v) is 7.72. The molecule has 3 rings (SSSR count). The number of benzene rings is 2. The van der Waals surface area contributed by atoms with Crippen molar-refractivity contribution in [2.45, 2.75) is 13.1 Å². The van der Waals surface area contributed by atoms with Gasteiger partial charge in [0.2, 0.25) is 0 Å². The Labute approximate surface area is 144 Å². The number of hydrogen-bond donors (Lipinski definition) is 0. The summed E-state index contributed by atoms with van der Waals surface area (Å²) in [6.07, 6.45) is -2.25. The summed E-state index contributed by atoms with van der Waals surface area (Å²) in [6, 6.07) is 14.3. The number of rotatable bonds is 3.